The van der Waals surface area contributed by atoms with Gasteiger partial charge in [0.1, 0.15) is 11.5 Å². The number of hydrogen-bond donors (Lipinski definition) is 1. The average Bonchev–Trinajstić information content (AvgIpc) is 2.45. The highest BCUT2D eigenvalue weighted by atomic mass is 16.5. The van der Waals surface area contributed by atoms with Crippen molar-refractivity contribution in [2.75, 3.05) is 6.61 Å². The summed E-state index contributed by atoms with van der Waals surface area (Å²) in [5.74, 6) is 1.20. The van der Waals surface area contributed by atoms with E-state index in [1.54, 1.807) is 6.07 Å². The van der Waals surface area contributed by atoms with Crippen LogP contribution in [0.25, 0.3) is 5.57 Å². The third-order valence-electron chi connectivity index (χ3n) is 4.02. The van der Waals surface area contributed by atoms with E-state index in [2.05, 4.69) is 37.8 Å². The SMILES string of the molecule is C=C1c2ccc(O)c(C)c2OC[C@H]1c1ccc(C)cc1. The van der Waals surface area contributed by atoms with Crippen LogP contribution in [-0.4, -0.2) is 11.7 Å². The molecule has 0 bridgehead atoms. The van der Waals surface area contributed by atoms with E-state index in [0.717, 1.165) is 22.4 Å². The minimum Gasteiger partial charge on any atom is -0.508 e. The van der Waals surface area contributed by atoms with E-state index >= 15 is 0 Å². The number of aryl methyl sites for hydroxylation is 1. The van der Waals surface area contributed by atoms with E-state index in [1.165, 1.54) is 11.1 Å². The lowest BCUT2D eigenvalue weighted by molar-refractivity contribution is 0.293. The number of hydrogen-bond acceptors (Lipinski definition) is 2. The summed E-state index contributed by atoms with van der Waals surface area (Å²) in [6.07, 6.45) is 0. The van der Waals surface area contributed by atoms with Gasteiger partial charge in [-0.3, -0.25) is 0 Å². The standard InChI is InChI=1S/C18H18O2/c1-11-4-6-14(7-5-11)16-10-20-18-13(3)17(19)9-8-15(18)12(16)2/h4-9,16,19H,2,10H2,1,3H3/t16-/m1/s1. The predicted molar refractivity (Wildman–Crippen MR) is 81.3 cm³/mol. The highest BCUT2D eigenvalue weighted by Crippen LogP contribution is 2.44. The lowest BCUT2D eigenvalue weighted by Gasteiger charge is -2.29. The third kappa shape index (κ3) is 1.97. The number of phenols is 1. The van der Waals surface area contributed by atoms with Crippen molar-refractivity contribution in [1.82, 2.24) is 0 Å². The Balaban J connectivity index is 2.01. The van der Waals surface area contributed by atoms with Crippen LogP contribution in [0.5, 0.6) is 11.5 Å². The number of ether oxygens (including phenoxy) is 1. The predicted octanol–water partition coefficient (Wildman–Crippen LogP) is 4.20. The molecule has 2 aromatic rings. The topological polar surface area (TPSA) is 29.5 Å². The van der Waals surface area contributed by atoms with E-state index < -0.39 is 0 Å². The fraction of sp³-hybridized carbons (Fsp3) is 0.222. The third-order valence-corrected chi connectivity index (χ3v) is 4.02. The second-order valence-corrected chi connectivity index (χ2v) is 5.39. The maximum atomic E-state index is 9.77. The fourth-order valence-corrected chi connectivity index (χ4v) is 2.67. The Morgan fingerprint density at radius 3 is 2.50 bits per heavy atom. The normalized spacial score (nSPS) is 17.5. The molecule has 1 atom stereocenters. The first-order valence-corrected chi connectivity index (χ1v) is 6.79. The molecule has 1 aliphatic heterocycles. The zero-order valence-corrected chi connectivity index (χ0v) is 11.8. The number of aromatic hydroxyl groups is 1. The Hall–Kier alpha value is -2.22. The molecule has 0 spiro atoms. The lowest BCUT2D eigenvalue weighted by atomic mass is 9.85. The molecule has 0 aromatic heterocycles. The molecule has 2 heteroatoms. The smallest absolute Gasteiger partial charge is 0.133 e. The van der Waals surface area contributed by atoms with Crippen molar-refractivity contribution in [1.29, 1.82) is 0 Å². The van der Waals surface area contributed by atoms with Crippen molar-refractivity contribution in [2.45, 2.75) is 19.8 Å². The first-order chi connectivity index (χ1) is 9.58. The van der Waals surface area contributed by atoms with Crippen LogP contribution < -0.4 is 4.74 Å². The van der Waals surface area contributed by atoms with Crippen molar-refractivity contribution in [2.24, 2.45) is 0 Å². The Labute approximate surface area is 119 Å². The van der Waals surface area contributed by atoms with Crippen LogP contribution in [0.3, 0.4) is 0 Å². The molecular weight excluding hydrogens is 248 g/mol. The number of rotatable bonds is 1. The summed E-state index contributed by atoms with van der Waals surface area (Å²) in [6.45, 7) is 8.76. The highest BCUT2D eigenvalue weighted by molar-refractivity contribution is 5.77. The van der Waals surface area contributed by atoms with E-state index in [9.17, 15) is 5.11 Å². The van der Waals surface area contributed by atoms with Crippen LogP contribution in [0.2, 0.25) is 0 Å². The van der Waals surface area contributed by atoms with Gasteiger partial charge in [-0.25, -0.2) is 0 Å². The van der Waals surface area contributed by atoms with Crippen LogP contribution in [0.4, 0.5) is 0 Å². The monoisotopic (exact) mass is 266 g/mol. The molecule has 0 saturated heterocycles. The first kappa shape index (κ1) is 12.8. The summed E-state index contributed by atoms with van der Waals surface area (Å²) < 4.78 is 5.88. The minimum atomic E-state index is 0.173. The van der Waals surface area contributed by atoms with Crippen molar-refractivity contribution >= 4 is 5.57 Å². The summed E-state index contributed by atoms with van der Waals surface area (Å²) >= 11 is 0. The molecule has 1 aliphatic rings. The Bertz CT molecular complexity index is 669. The maximum Gasteiger partial charge on any atom is 0.133 e. The summed E-state index contributed by atoms with van der Waals surface area (Å²) in [5.41, 5.74) is 5.30. The molecule has 0 fully saturated rings. The van der Waals surface area contributed by atoms with Crippen LogP contribution >= 0.6 is 0 Å². The quantitative estimate of drug-likeness (QED) is 0.838. The largest absolute Gasteiger partial charge is 0.508 e. The van der Waals surface area contributed by atoms with Crippen molar-refractivity contribution in [3.05, 3.63) is 65.2 Å². The zero-order valence-electron chi connectivity index (χ0n) is 11.8. The second-order valence-electron chi connectivity index (χ2n) is 5.39. The van der Waals surface area contributed by atoms with E-state index in [4.69, 9.17) is 4.74 Å². The van der Waals surface area contributed by atoms with Gasteiger partial charge in [0, 0.05) is 17.0 Å². The number of fused-ring (bicyclic) bond motifs is 1. The molecule has 0 unspecified atom stereocenters. The van der Waals surface area contributed by atoms with Crippen molar-refractivity contribution in [3.8, 4) is 11.5 Å². The fourth-order valence-electron chi connectivity index (χ4n) is 2.67. The van der Waals surface area contributed by atoms with Gasteiger partial charge in [-0.15, -0.1) is 0 Å². The Morgan fingerprint density at radius 2 is 1.80 bits per heavy atom. The minimum absolute atomic E-state index is 0.173. The van der Waals surface area contributed by atoms with Gasteiger partial charge in [0.05, 0.1) is 6.61 Å². The van der Waals surface area contributed by atoms with Gasteiger partial charge < -0.3 is 9.84 Å². The van der Waals surface area contributed by atoms with E-state index in [1.807, 2.05) is 13.0 Å². The van der Waals surface area contributed by atoms with E-state index in [-0.39, 0.29) is 11.7 Å². The van der Waals surface area contributed by atoms with Gasteiger partial charge in [0.15, 0.2) is 0 Å². The van der Waals surface area contributed by atoms with Gasteiger partial charge in [-0.1, -0.05) is 36.4 Å². The molecule has 20 heavy (non-hydrogen) atoms. The van der Waals surface area contributed by atoms with Gasteiger partial charge in [-0.2, -0.15) is 0 Å². The zero-order chi connectivity index (χ0) is 14.3. The van der Waals surface area contributed by atoms with Crippen LogP contribution in [0.1, 0.15) is 28.2 Å². The molecule has 0 amide bonds. The molecular formula is C18H18O2. The molecule has 102 valence electrons. The molecule has 2 aromatic carbocycles. The van der Waals surface area contributed by atoms with Crippen molar-refractivity contribution < 1.29 is 9.84 Å². The molecule has 3 rings (SSSR count). The average molecular weight is 266 g/mol. The maximum absolute atomic E-state index is 9.77. The Morgan fingerprint density at radius 1 is 1.10 bits per heavy atom. The summed E-state index contributed by atoms with van der Waals surface area (Å²) in [4.78, 5) is 0. The summed E-state index contributed by atoms with van der Waals surface area (Å²) in [6, 6.07) is 12.1. The summed E-state index contributed by atoms with van der Waals surface area (Å²) in [5, 5.41) is 9.77. The lowest BCUT2D eigenvalue weighted by Crippen LogP contribution is -2.18. The Kier molecular flexibility index (Phi) is 3.01. The van der Waals surface area contributed by atoms with E-state index in [0.29, 0.717) is 6.61 Å². The summed E-state index contributed by atoms with van der Waals surface area (Å²) in [7, 11) is 0. The molecule has 1 N–H and O–H groups in total. The molecule has 2 nitrogen and oxygen atoms in total. The molecule has 0 saturated carbocycles. The molecule has 0 aliphatic carbocycles. The highest BCUT2D eigenvalue weighted by Gasteiger charge is 2.27. The van der Waals surface area contributed by atoms with Crippen LogP contribution in [-0.2, 0) is 0 Å². The molecule has 1 heterocycles. The van der Waals surface area contributed by atoms with Crippen LogP contribution in [0.15, 0.2) is 43.0 Å². The second kappa shape index (κ2) is 4.71. The number of benzene rings is 2. The molecule has 0 radical (unpaired) electrons. The van der Waals surface area contributed by atoms with Crippen LogP contribution in [0, 0.1) is 13.8 Å². The number of phenolic OH excluding ortho intramolecular Hbond substituents is 1. The van der Waals surface area contributed by atoms with Gasteiger partial charge in [-0.05, 0) is 37.1 Å². The van der Waals surface area contributed by atoms with Gasteiger partial charge >= 0.3 is 0 Å². The van der Waals surface area contributed by atoms with Gasteiger partial charge in [0.25, 0.3) is 0 Å². The van der Waals surface area contributed by atoms with Gasteiger partial charge in [0.2, 0.25) is 0 Å². The first-order valence-electron chi connectivity index (χ1n) is 6.79. The van der Waals surface area contributed by atoms with Crippen molar-refractivity contribution in [3.63, 3.8) is 0 Å².